The van der Waals surface area contributed by atoms with Crippen LogP contribution in [-0.2, 0) is 6.54 Å². The summed E-state index contributed by atoms with van der Waals surface area (Å²) in [7, 11) is 0. The minimum Gasteiger partial charge on any atom is -0.381 e. The molecule has 3 aromatic rings. The number of nitrogens with zero attached hydrogens (tertiary/aromatic N) is 2. The van der Waals surface area contributed by atoms with Gasteiger partial charge in [-0.25, -0.2) is 0 Å². The van der Waals surface area contributed by atoms with Crippen LogP contribution in [0.15, 0.2) is 61.1 Å². The molecule has 1 aromatic carbocycles. The third kappa shape index (κ3) is 4.33. The minimum atomic E-state index is -0.282. The summed E-state index contributed by atoms with van der Waals surface area (Å²) in [6.07, 6.45) is 5.13. The van der Waals surface area contributed by atoms with Gasteiger partial charge in [0.1, 0.15) is 5.69 Å². The molecule has 0 fully saturated rings. The van der Waals surface area contributed by atoms with E-state index in [1.807, 2.05) is 31.2 Å². The van der Waals surface area contributed by atoms with E-state index in [0.717, 1.165) is 16.8 Å². The lowest BCUT2D eigenvalue weighted by Crippen LogP contribution is -2.15. The molecule has 0 radical (unpaired) electrons. The molecule has 1 amide bonds. The summed E-state index contributed by atoms with van der Waals surface area (Å²) in [6.45, 7) is 2.48. The van der Waals surface area contributed by atoms with Crippen molar-refractivity contribution >= 4 is 28.9 Å². The Labute approximate surface area is 151 Å². The Kier molecular flexibility index (Phi) is 5.26. The Hall–Kier alpha value is -2.92. The molecule has 0 unspecified atom stereocenters. The molecule has 0 saturated heterocycles. The molecule has 0 aliphatic rings. The summed E-state index contributed by atoms with van der Waals surface area (Å²) < 4.78 is 0. The molecular formula is C19H17ClN4O. The maximum Gasteiger partial charge on any atom is 0.274 e. The van der Waals surface area contributed by atoms with E-state index in [0.29, 0.717) is 22.9 Å². The van der Waals surface area contributed by atoms with Crippen LogP contribution in [0.4, 0.5) is 11.4 Å². The van der Waals surface area contributed by atoms with Crippen LogP contribution in [0.25, 0.3) is 0 Å². The van der Waals surface area contributed by atoms with Crippen molar-refractivity contribution in [2.45, 2.75) is 13.5 Å². The zero-order chi connectivity index (χ0) is 17.6. The lowest BCUT2D eigenvalue weighted by molar-refractivity contribution is 0.102. The van der Waals surface area contributed by atoms with Gasteiger partial charge in [-0.2, -0.15) is 0 Å². The van der Waals surface area contributed by atoms with Crippen LogP contribution >= 0.6 is 11.6 Å². The van der Waals surface area contributed by atoms with Crippen molar-refractivity contribution in [1.29, 1.82) is 0 Å². The van der Waals surface area contributed by atoms with E-state index in [9.17, 15) is 4.79 Å². The number of pyridine rings is 2. The van der Waals surface area contributed by atoms with Crippen LogP contribution in [0.1, 0.15) is 21.6 Å². The number of anilines is 2. The molecule has 0 spiro atoms. The lowest BCUT2D eigenvalue weighted by atomic mass is 10.2. The van der Waals surface area contributed by atoms with Crippen molar-refractivity contribution in [1.82, 2.24) is 9.97 Å². The number of carbonyl (C=O) groups excluding carboxylic acids is 1. The van der Waals surface area contributed by atoms with E-state index in [4.69, 9.17) is 11.6 Å². The fourth-order valence-electron chi connectivity index (χ4n) is 2.30. The molecule has 0 aliphatic carbocycles. The summed E-state index contributed by atoms with van der Waals surface area (Å²) in [4.78, 5) is 20.7. The molecule has 0 atom stereocenters. The van der Waals surface area contributed by atoms with Crippen molar-refractivity contribution < 1.29 is 4.79 Å². The Balaban J connectivity index is 1.70. The van der Waals surface area contributed by atoms with E-state index in [-0.39, 0.29) is 5.91 Å². The quantitative estimate of drug-likeness (QED) is 0.718. The Morgan fingerprint density at radius 1 is 1.16 bits per heavy atom. The van der Waals surface area contributed by atoms with Crippen molar-refractivity contribution in [2.24, 2.45) is 0 Å². The second-order valence-corrected chi connectivity index (χ2v) is 5.92. The number of halogens is 1. The van der Waals surface area contributed by atoms with Gasteiger partial charge in [-0.1, -0.05) is 23.7 Å². The number of nitrogens with one attached hydrogen (secondary N) is 2. The number of hydrogen-bond donors (Lipinski definition) is 2. The number of rotatable bonds is 5. The van der Waals surface area contributed by atoms with Crippen LogP contribution in [0, 0.1) is 6.92 Å². The zero-order valence-corrected chi connectivity index (χ0v) is 14.4. The molecule has 6 heteroatoms. The number of hydrogen-bond acceptors (Lipinski definition) is 4. The van der Waals surface area contributed by atoms with Crippen molar-refractivity contribution in [3.05, 3.63) is 82.9 Å². The summed E-state index contributed by atoms with van der Waals surface area (Å²) in [5.74, 6) is -0.282. The van der Waals surface area contributed by atoms with Gasteiger partial charge in [-0.05, 0) is 48.4 Å². The van der Waals surface area contributed by atoms with E-state index in [1.165, 1.54) is 0 Å². The molecule has 3 rings (SSSR count). The van der Waals surface area contributed by atoms with Crippen LogP contribution in [-0.4, -0.2) is 15.9 Å². The van der Waals surface area contributed by atoms with Gasteiger partial charge in [0.05, 0.1) is 0 Å². The van der Waals surface area contributed by atoms with Gasteiger partial charge in [0.25, 0.3) is 5.91 Å². The molecule has 0 bridgehead atoms. The number of aromatic nitrogens is 2. The predicted molar refractivity (Wildman–Crippen MR) is 99.9 cm³/mol. The van der Waals surface area contributed by atoms with Gasteiger partial charge in [0.2, 0.25) is 0 Å². The average molecular weight is 353 g/mol. The van der Waals surface area contributed by atoms with Crippen molar-refractivity contribution in [3.63, 3.8) is 0 Å². The van der Waals surface area contributed by atoms with Gasteiger partial charge in [-0.15, -0.1) is 0 Å². The summed E-state index contributed by atoms with van der Waals surface area (Å²) >= 11 is 6.09. The molecule has 2 heterocycles. The molecule has 2 aromatic heterocycles. The monoisotopic (exact) mass is 352 g/mol. The van der Waals surface area contributed by atoms with E-state index in [1.54, 1.807) is 36.8 Å². The predicted octanol–water partition coefficient (Wildman–Crippen LogP) is 4.30. The summed E-state index contributed by atoms with van der Waals surface area (Å²) in [6, 6.07) is 12.8. The number of carbonyl (C=O) groups is 1. The van der Waals surface area contributed by atoms with Gasteiger partial charge >= 0.3 is 0 Å². The van der Waals surface area contributed by atoms with E-state index >= 15 is 0 Å². The fourth-order valence-corrected chi connectivity index (χ4v) is 2.48. The summed E-state index contributed by atoms with van der Waals surface area (Å²) in [5.41, 5.74) is 3.69. The lowest BCUT2D eigenvalue weighted by Gasteiger charge is -2.10. The molecule has 0 aliphatic heterocycles. The van der Waals surface area contributed by atoms with Gasteiger partial charge in [0.15, 0.2) is 0 Å². The molecular weight excluding hydrogens is 336 g/mol. The van der Waals surface area contributed by atoms with Crippen molar-refractivity contribution in [3.8, 4) is 0 Å². The number of benzene rings is 1. The Bertz CT molecular complexity index is 884. The van der Waals surface area contributed by atoms with Gasteiger partial charge in [0, 0.05) is 41.5 Å². The average Bonchev–Trinajstić information content (AvgIpc) is 2.65. The molecule has 0 saturated carbocycles. The van der Waals surface area contributed by atoms with Crippen LogP contribution < -0.4 is 10.6 Å². The van der Waals surface area contributed by atoms with Crippen LogP contribution in [0.5, 0.6) is 0 Å². The maximum absolute atomic E-state index is 12.4. The fraction of sp³-hybridized carbons (Fsp3) is 0.105. The molecule has 126 valence electrons. The SMILES string of the molecule is Cc1c(Cl)cccc1NC(=O)c1cc(NCc2cccnc2)ccn1. The van der Waals surface area contributed by atoms with Crippen LogP contribution in [0.2, 0.25) is 5.02 Å². The molecule has 5 nitrogen and oxygen atoms in total. The highest BCUT2D eigenvalue weighted by molar-refractivity contribution is 6.31. The third-order valence-corrected chi connectivity index (χ3v) is 4.14. The highest BCUT2D eigenvalue weighted by Crippen LogP contribution is 2.23. The normalized spacial score (nSPS) is 10.3. The van der Waals surface area contributed by atoms with Crippen molar-refractivity contribution in [2.75, 3.05) is 10.6 Å². The Morgan fingerprint density at radius 2 is 2.04 bits per heavy atom. The topological polar surface area (TPSA) is 66.9 Å². The largest absolute Gasteiger partial charge is 0.381 e. The van der Waals surface area contributed by atoms with E-state index in [2.05, 4.69) is 20.6 Å². The third-order valence-electron chi connectivity index (χ3n) is 3.73. The summed E-state index contributed by atoms with van der Waals surface area (Å²) in [5, 5.41) is 6.71. The first-order valence-electron chi connectivity index (χ1n) is 7.79. The zero-order valence-electron chi connectivity index (χ0n) is 13.7. The molecule has 2 N–H and O–H groups in total. The Morgan fingerprint density at radius 3 is 2.84 bits per heavy atom. The van der Waals surface area contributed by atoms with E-state index < -0.39 is 0 Å². The van der Waals surface area contributed by atoms with Crippen LogP contribution in [0.3, 0.4) is 0 Å². The number of amides is 1. The maximum atomic E-state index is 12.4. The first-order valence-corrected chi connectivity index (χ1v) is 8.16. The molecule has 25 heavy (non-hydrogen) atoms. The smallest absolute Gasteiger partial charge is 0.274 e. The second kappa shape index (κ2) is 7.77. The first kappa shape index (κ1) is 16.9. The van der Waals surface area contributed by atoms with Gasteiger partial charge in [-0.3, -0.25) is 14.8 Å². The highest BCUT2D eigenvalue weighted by atomic mass is 35.5. The highest BCUT2D eigenvalue weighted by Gasteiger charge is 2.11. The van der Waals surface area contributed by atoms with Gasteiger partial charge < -0.3 is 10.6 Å². The second-order valence-electron chi connectivity index (χ2n) is 5.51. The first-order chi connectivity index (χ1) is 12.1. The minimum absolute atomic E-state index is 0.282. The standard InChI is InChI=1S/C19H17ClN4O/c1-13-16(20)5-2-6-17(13)24-19(25)18-10-15(7-9-22-18)23-12-14-4-3-8-21-11-14/h2-11H,12H2,1H3,(H,22,23)(H,24,25).